The van der Waals surface area contributed by atoms with Gasteiger partial charge in [-0.05, 0) is 92.2 Å². The Bertz CT molecular complexity index is 904. The Kier molecular flexibility index (Phi) is 4.96. The summed E-state index contributed by atoms with van der Waals surface area (Å²) in [6.45, 7) is 4.89. The summed E-state index contributed by atoms with van der Waals surface area (Å²) in [5.41, 5.74) is 4.09. The Hall–Kier alpha value is -1.81. The van der Waals surface area contributed by atoms with Crippen LogP contribution in [0.1, 0.15) is 70.8 Å². The van der Waals surface area contributed by atoms with Gasteiger partial charge in [0.1, 0.15) is 5.82 Å². The lowest BCUT2D eigenvalue weighted by atomic mass is 9.48. The van der Waals surface area contributed by atoms with Crippen LogP contribution >= 0.6 is 0 Å². The maximum Gasteiger partial charge on any atom is 0.123 e. The largest absolute Gasteiger partial charge is 0.393 e. The molecule has 4 aliphatic carbocycles. The van der Waals surface area contributed by atoms with Crippen LogP contribution in [-0.4, -0.2) is 23.1 Å². The Morgan fingerprint density at radius 3 is 2.57 bits per heavy atom. The van der Waals surface area contributed by atoms with Crippen LogP contribution in [0.5, 0.6) is 0 Å². The first kappa shape index (κ1) is 20.1. The molecule has 0 spiro atoms. The maximum absolute atomic E-state index is 13.1. The number of allylic oxidation sites excluding steroid dienone is 1. The molecule has 30 heavy (non-hydrogen) atoms. The van der Waals surface area contributed by atoms with E-state index in [1.807, 2.05) is 0 Å². The van der Waals surface area contributed by atoms with Crippen molar-refractivity contribution in [2.75, 3.05) is 0 Å². The summed E-state index contributed by atoms with van der Waals surface area (Å²) in [7, 11) is 0. The second-order valence-corrected chi connectivity index (χ2v) is 10.5. The maximum atomic E-state index is 13.1. The lowest BCUT2D eigenvalue weighted by Crippen LogP contribution is -2.50. The molecule has 3 saturated carbocycles. The Labute approximate surface area is 179 Å². The number of aliphatic hydroxyl groups is 1. The molecular formula is C26H33FN2O. The van der Waals surface area contributed by atoms with E-state index < -0.39 is 0 Å². The van der Waals surface area contributed by atoms with Crippen molar-refractivity contribution in [1.29, 1.82) is 0 Å². The van der Waals surface area contributed by atoms with Crippen molar-refractivity contribution < 1.29 is 9.50 Å². The van der Waals surface area contributed by atoms with E-state index >= 15 is 0 Å². The number of nitrogens with zero attached hydrogens (tertiary/aromatic N) is 2. The first-order valence-electron chi connectivity index (χ1n) is 11.6. The molecule has 0 radical (unpaired) electrons. The van der Waals surface area contributed by atoms with E-state index in [4.69, 9.17) is 0 Å². The van der Waals surface area contributed by atoms with Gasteiger partial charge < -0.3 is 5.11 Å². The van der Waals surface area contributed by atoms with Gasteiger partial charge in [-0.15, -0.1) is 0 Å². The Morgan fingerprint density at radius 2 is 1.77 bits per heavy atom. The molecule has 0 bridgehead atoms. The summed E-state index contributed by atoms with van der Waals surface area (Å²) in [6, 6.07) is 6.38. The number of hydrogen-bond acceptors (Lipinski definition) is 3. The second-order valence-electron chi connectivity index (χ2n) is 10.5. The first-order chi connectivity index (χ1) is 14.4. The van der Waals surface area contributed by atoms with E-state index in [1.54, 1.807) is 18.3 Å². The minimum atomic E-state index is -0.229. The normalized spacial score (nSPS) is 42.0. The van der Waals surface area contributed by atoms with Crippen LogP contribution in [-0.2, 0) is 0 Å². The highest BCUT2D eigenvalue weighted by Gasteiger charge is 2.57. The molecule has 0 aromatic heterocycles. The predicted octanol–water partition coefficient (Wildman–Crippen LogP) is 5.92. The van der Waals surface area contributed by atoms with Gasteiger partial charge in [0.05, 0.1) is 12.3 Å². The lowest BCUT2D eigenvalue weighted by molar-refractivity contribution is -0.0209. The molecule has 5 rings (SSSR count). The third-order valence-corrected chi connectivity index (χ3v) is 9.07. The molecular weight excluding hydrogens is 375 g/mol. The monoisotopic (exact) mass is 408 g/mol. The van der Waals surface area contributed by atoms with E-state index in [0.29, 0.717) is 5.92 Å². The van der Waals surface area contributed by atoms with Crippen molar-refractivity contribution in [1.82, 2.24) is 0 Å². The van der Waals surface area contributed by atoms with E-state index in [2.05, 4.69) is 30.1 Å². The van der Waals surface area contributed by atoms with Gasteiger partial charge in [0.15, 0.2) is 0 Å². The van der Waals surface area contributed by atoms with Crippen LogP contribution in [0.3, 0.4) is 0 Å². The molecule has 0 heterocycles. The lowest BCUT2D eigenvalue weighted by Gasteiger charge is -2.57. The molecule has 4 aliphatic rings. The highest BCUT2D eigenvalue weighted by Crippen LogP contribution is 2.64. The summed E-state index contributed by atoms with van der Waals surface area (Å²) >= 11 is 0. The summed E-state index contributed by atoms with van der Waals surface area (Å²) < 4.78 is 13.1. The molecule has 1 aromatic rings. The first-order valence-corrected chi connectivity index (χ1v) is 11.6. The van der Waals surface area contributed by atoms with Crippen molar-refractivity contribution in [2.45, 2.75) is 71.3 Å². The fourth-order valence-corrected chi connectivity index (χ4v) is 7.31. The number of hydrogen-bond donors (Lipinski definition) is 1. The highest BCUT2D eigenvalue weighted by atomic mass is 19.1. The fraction of sp³-hybridized carbons (Fsp3) is 0.615. The Balaban J connectivity index is 1.37. The van der Waals surface area contributed by atoms with Gasteiger partial charge in [0, 0.05) is 11.1 Å². The average Bonchev–Trinajstić information content (AvgIpc) is 3.06. The zero-order valence-electron chi connectivity index (χ0n) is 18.1. The molecule has 0 unspecified atom stereocenters. The van der Waals surface area contributed by atoms with Gasteiger partial charge in [0.2, 0.25) is 0 Å². The number of halogens is 1. The SMILES string of the molecule is C[C@]12CC[C@H](O)CC1=CC[C@@H]1[C@@H]2CC[C@]2(C)C(=N/N=C\c3ccc(F)cc3)CC[C@@H]12. The molecule has 4 heteroatoms. The fourth-order valence-electron chi connectivity index (χ4n) is 7.31. The molecule has 0 amide bonds. The second kappa shape index (κ2) is 7.40. The van der Waals surface area contributed by atoms with Crippen molar-refractivity contribution in [3.05, 3.63) is 47.3 Å². The molecule has 1 N–H and O–H groups in total. The smallest absolute Gasteiger partial charge is 0.123 e. The zero-order chi connectivity index (χ0) is 20.9. The minimum absolute atomic E-state index is 0.140. The highest BCUT2D eigenvalue weighted by molar-refractivity contribution is 5.93. The molecule has 1 aromatic carbocycles. The van der Waals surface area contributed by atoms with E-state index in [1.165, 1.54) is 42.7 Å². The Morgan fingerprint density at radius 1 is 1.03 bits per heavy atom. The number of benzene rings is 1. The van der Waals surface area contributed by atoms with Gasteiger partial charge >= 0.3 is 0 Å². The number of fused-ring (bicyclic) bond motifs is 5. The molecule has 3 nitrogen and oxygen atoms in total. The van der Waals surface area contributed by atoms with Crippen molar-refractivity contribution in [3.63, 3.8) is 0 Å². The van der Waals surface area contributed by atoms with Gasteiger partial charge in [-0.3, -0.25) is 0 Å². The predicted molar refractivity (Wildman–Crippen MR) is 119 cm³/mol. The van der Waals surface area contributed by atoms with E-state index in [-0.39, 0.29) is 22.8 Å². The third-order valence-electron chi connectivity index (χ3n) is 9.07. The minimum Gasteiger partial charge on any atom is -0.393 e. The molecule has 6 atom stereocenters. The topological polar surface area (TPSA) is 45.0 Å². The van der Waals surface area contributed by atoms with E-state index in [9.17, 15) is 9.50 Å². The van der Waals surface area contributed by atoms with Crippen LogP contribution < -0.4 is 0 Å². The summed E-state index contributed by atoms with van der Waals surface area (Å²) in [5.74, 6) is 1.91. The summed E-state index contributed by atoms with van der Waals surface area (Å²) in [5, 5.41) is 19.2. The number of rotatable bonds is 2. The van der Waals surface area contributed by atoms with E-state index in [0.717, 1.165) is 49.5 Å². The third kappa shape index (κ3) is 3.19. The standard InChI is InChI=1S/C26H33FN2O/c1-25-13-11-20(30)15-18(25)5-8-21-22-9-10-24(26(22,2)14-12-23(21)25)29-28-16-17-3-6-19(27)7-4-17/h3-7,16,20-23,30H,8-15H2,1-2H3/b28-16-,29-24?/t20-,21-,22-,23-,25-,26-/m0/s1. The molecule has 3 fully saturated rings. The summed E-state index contributed by atoms with van der Waals surface area (Å²) in [6.07, 6.45) is 12.9. The van der Waals surface area contributed by atoms with Gasteiger partial charge in [-0.1, -0.05) is 37.6 Å². The van der Waals surface area contributed by atoms with Crippen LogP contribution in [0.4, 0.5) is 4.39 Å². The van der Waals surface area contributed by atoms with Crippen molar-refractivity contribution in [2.24, 2.45) is 38.8 Å². The molecule has 0 aliphatic heterocycles. The zero-order valence-corrected chi connectivity index (χ0v) is 18.1. The van der Waals surface area contributed by atoms with Gasteiger partial charge in [-0.2, -0.15) is 10.2 Å². The van der Waals surface area contributed by atoms with Crippen LogP contribution in [0.15, 0.2) is 46.1 Å². The van der Waals surface area contributed by atoms with Crippen LogP contribution in [0.25, 0.3) is 0 Å². The van der Waals surface area contributed by atoms with Crippen molar-refractivity contribution in [3.8, 4) is 0 Å². The summed E-state index contributed by atoms with van der Waals surface area (Å²) in [4.78, 5) is 0. The van der Waals surface area contributed by atoms with Crippen LogP contribution in [0.2, 0.25) is 0 Å². The van der Waals surface area contributed by atoms with Crippen molar-refractivity contribution >= 4 is 11.9 Å². The molecule has 160 valence electrons. The number of aliphatic hydroxyl groups excluding tert-OH is 1. The van der Waals surface area contributed by atoms with Gasteiger partial charge in [0.25, 0.3) is 0 Å². The quantitative estimate of drug-likeness (QED) is 0.368. The average molecular weight is 409 g/mol. The van der Waals surface area contributed by atoms with Gasteiger partial charge in [-0.25, -0.2) is 4.39 Å². The van der Waals surface area contributed by atoms with Crippen LogP contribution in [0, 0.1) is 34.4 Å². The molecule has 0 saturated heterocycles.